The molecule has 2 aliphatic rings. The van der Waals surface area contributed by atoms with Gasteiger partial charge < -0.3 is 10.1 Å². The molecule has 0 bridgehead atoms. The predicted octanol–water partition coefficient (Wildman–Crippen LogP) is 3.59. The topological polar surface area (TPSA) is 63.2 Å². The fourth-order valence-corrected chi connectivity index (χ4v) is 4.02. The summed E-state index contributed by atoms with van der Waals surface area (Å²) < 4.78 is 5.39. The monoisotopic (exact) mass is 323 g/mol. The highest BCUT2D eigenvalue weighted by atomic mass is 32.1. The number of ether oxygens (including phenoxy) is 1. The first-order valence-corrected chi connectivity index (χ1v) is 8.91. The average molecular weight is 323 g/mol. The first-order valence-electron chi connectivity index (χ1n) is 8.10. The van der Waals surface area contributed by atoms with Gasteiger partial charge in [-0.1, -0.05) is 20.8 Å². The van der Waals surface area contributed by atoms with Crippen LogP contribution in [0, 0.1) is 11.3 Å². The number of anilines is 1. The molecule has 2 amide bonds. The van der Waals surface area contributed by atoms with Crippen molar-refractivity contribution in [3.8, 4) is 0 Å². The Kier molecular flexibility index (Phi) is 4.41. The number of nitrogens with zero attached hydrogens (tertiary/aromatic N) is 1. The van der Waals surface area contributed by atoms with Gasteiger partial charge in [0, 0.05) is 30.3 Å². The van der Waals surface area contributed by atoms with Crippen LogP contribution in [-0.2, 0) is 4.74 Å². The van der Waals surface area contributed by atoms with E-state index in [0.29, 0.717) is 17.0 Å². The summed E-state index contributed by atoms with van der Waals surface area (Å²) in [5.41, 5.74) is 0.244. The summed E-state index contributed by atoms with van der Waals surface area (Å²) >= 11 is 1.58. The van der Waals surface area contributed by atoms with Crippen LogP contribution in [0.5, 0.6) is 0 Å². The first-order chi connectivity index (χ1) is 10.5. The molecule has 2 atom stereocenters. The minimum atomic E-state index is -0.137. The molecule has 2 fully saturated rings. The molecule has 6 heteroatoms. The smallest absolute Gasteiger partial charge is 0.321 e. The van der Waals surface area contributed by atoms with Gasteiger partial charge in [0.25, 0.3) is 0 Å². The van der Waals surface area contributed by atoms with Crippen molar-refractivity contribution in [2.24, 2.45) is 11.3 Å². The van der Waals surface area contributed by atoms with E-state index in [9.17, 15) is 4.79 Å². The van der Waals surface area contributed by atoms with Crippen molar-refractivity contribution in [2.75, 3.05) is 18.5 Å². The Labute approximate surface area is 135 Å². The lowest BCUT2D eigenvalue weighted by atomic mass is 9.94. The standard InChI is InChI=1S/C16H25N3O2S/c1-10(2)16(3)8-13(16)18-14(20)19-15-17-9-12(22-15)11-4-6-21-7-5-11/h9-11,13H,4-8H2,1-3H3,(H2,17,18,19,20). The summed E-state index contributed by atoms with van der Waals surface area (Å²) in [5, 5.41) is 6.62. The summed E-state index contributed by atoms with van der Waals surface area (Å²) in [5.74, 6) is 1.11. The maximum absolute atomic E-state index is 12.1. The second-order valence-corrected chi connectivity index (χ2v) is 8.03. The Balaban J connectivity index is 1.51. The van der Waals surface area contributed by atoms with Crippen LogP contribution in [0.4, 0.5) is 9.93 Å². The van der Waals surface area contributed by atoms with Crippen LogP contribution in [0.15, 0.2) is 6.20 Å². The molecule has 1 aliphatic heterocycles. The second kappa shape index (κ2) is 6.16. The zero-order chi connectivity index (χ0) is 15.7. The second-order valence-electron chi connectivity index (χ2n) is 6.97. The predicted molar refractivity (Wildman–Crippen MR) is 88.4 cm³/mol. The molecule has 0 aromatic carbocycles. The third-order valence-electron chi connectivity index (χ3n) is 5.27. The van der Waals surface area contributed by atoms with Gasteiger partial charge in [0.05, 0.1) is 0 Å². The van der Waals surface area contributed by atoms with E-state index in [-0.39, 0.29) is 17.5 Å². The molecular weight excluding hydrogens is 298 g/mol. The van der Waals surface area contributed by atoms with Gasteiger partial charge in [0.15, 0.2) is 5.13 Å². The molecule has 1 saturated carbocycles. The molecule has 5 nitrogen and oxygen atoms in total. The van der Waals surface area contributed by atoms with Crippen LogP contribution >= 0.6 is 11.3 Å². The number of aromatic nitrogens is 1. The van der Waals surface area contributed by atoms with E-state index in [1.807, 2.05) is 6.20 Å². The highest BCUT2D eigenvalue weighted by Crippen LogP contribution is 2.51. The van der Waals surface area contributed by atoms with Gasteiger partial charge in [-0.3, -0.25) is 5.32 Å². The maximum atomic E-state index is 12.1. The molecule has 2 heterocycles. The van der Waals surface area contributed by atoms with Crippen LogP contribution < -0.4 is 10.6 Å². The van der Waals surface area contributed by atoms with Crippen molar-refractivity contribution < 1.29 is 9.53 Å². The van der Waals surface area contributed by atoms with Crippen LogP contribution in [0.3, 0.4) is 0 Å². The van der Waals surface area contributed by atoms with Gasteiger partial charge in [0.1, 0.15) is 0 Å². The average Bonchev–Trinajstić information content (AvgIpc) is 2.95. The number of nitrogens with one attached hydrogen (secondary N) is 2. The molecular formula is C16H25N3O2S. The van der Waals surface area contributed by atoms with Gasteiger partial charge in [-0.2, -0.15) is 0 Å². The molecule has 22 heavy (non-hydrogen) atoms. The minimum absolute atomic E-state index is 0.137. The molecule has 1 aliphatic carbocycles. The Morgan fingerprint density at radius 2 is 2.18 bits per heavy atom. The summed E-state index contributed by atoms with van der Waals surface area (Å²) in [4.78, 5) is 17.7. The third kappa shape index (κ3) is 3.27. The fraction of sp³-hybridized carbons (Fsp3) is 0.750. The minimum Gasteiger partial charge on any atom is -0.381 e. The summed E-state index contributed by atoms with van der Waals surface area (Å²) in [6, 6.07) is 0.143. The normalized spacial score (nSPS) is 28.6. The zero-order valence-corrected chi connectivity index (χ0v) is 14.3. The SMILES string of the molecule is CC(C)C1(C)CC1NC(=O)Nc1ncc(C2CCOCC2)s1. The summed E-state index contributed by atoms with van der Waals surface area (Å²) in [6.45, 7) is 8.29. The maximum Gasteiger partial charge on any atom is 0.321 e. The highest BCUT2D eigenvalue weighted by Gasteiger charge is 2.52. The van der Waals surface area contributed by atoms with Gasteiger partial charge in [0.2, 0.25) is 0 Å². The number of hydrogen-bond donors (Lipinski definition) is 2. The molecule has 2 unspecified atom stereocenters. The molecule has 1 saturated heterocycles. The highest BCUT2D eigenvalue weighted by molar-refractivity contribution is 7.15. The van der Waals surface area contributed by atoms with Gasteiger partial charge >= 0.3 is 6.03 Å². The van der Waals surface area contributed by atoms with Crippen LogP contribution in [0.25, 0.3) is 0 Å². The van der Waals surface area contributed by atoms with E-state index >= 15 is 0 Å². The number of amides is 2. The van der Waals surface area contributed by atoms with Crippen molar-refractivity contribution >= 4 is 22.5 Å². The van der Waals surface area contributed by atoms with Crippen LogP contribution in [-0.4, -0.2) is 30.3 Å². The fourth-order valence-electron chi connectivity index (χ4n) is 3.04. The molecule has 0 radical (unpaired) electrons. The Morgan fingerprint density at radius 3 is 2.82 bits per heavy atom. The number of thiazole rings is 1. The molecule has 1 aromatic heterocycles. The molecule has 0 spiro atoms. The lowest BCUT2D eigenvalue weighted by molar-refractivity contribution is 0.0860. The van der Waals surface area contributed by atoms with E-state index in [4.69, 9.17) is 4.74 Å². The number of carbonyl (C=O) groups is 1. The van der Waals surface area contributed by atoms with Crippen molar-refractivity contribution in [1.29, 1.82) is 0 Å². The van der Waals surface area contributed by atoms with Crippen molar-refractivity contribution in [3.63, 3.8) is 0 Å². The van der Waals surface area contributed by atoms with E-state index in [0.717, 1.165) is 32.5 Å². The largest absolute Gasteiger partial charge is 0.381 e. The first kappa shape index (κ1) is 15.7. The number of hydrogen-bond acceptors (Lipinski definition) is 4. The molecule has 3 rings (SSSR count). The lowest BCUT2D eigenvalue weighted by Crippen LogP contribution is -2.34. The zero-order valence-electron chi connectivity index (χ0n) is 13.5. The van der Waals surface area contributed by atoms with Crippen molar-refractivity contribution in [2.45, 2.75) is 52.0 Å². The number of carbonyl (C=O) groups excluding carboxylic acids is 1. The Hall–Kier alpha value is -1.14. The van der Waals surface area contributed by atoms with E-state index in [2.05, 4.69) is 36.4 Å². The summed E-state index contributed by atoms with van der Waals surface area (Å²) in [7, 11) is 0. The third-order valence-corrected chi connectivity index (χ3v) is 6.35. The molecule has 122 valence electrons. The van der Waals surface area contributed by atoms with Crippen LogP contribution in [0.1, 0.15) is 50.8 Å². The van der Waals surface area contributed by atoms with Gasteiger partial charge in [-0.05, 0) is 36.5 Å². The number of rotatable bonds is 4. The molecule has 1 aromatic rings. The van der Waals surface area contributed by atoms with E-state index < -0.39 is 0 Å². The Morgan fingerprint density at radius 1 is 1.45 bits per heavy atom. The quantitative estimate of drug-likeness (QED) is 0.890. The molecule has 2 N–H and O–H groups in total. The van der Waals surface area contributed by atoms with Gasteiger partial charge in [-0.15, -0.1) is 11.3 Å². The van der Waals surface area contributed by atoms with Crippen LogP contribution in [0.2, 0.25) is 0 Å². The van der Waals surface area contributed by atoms with E-state index in [1.165, 1.54) is 4.88 Å². The number of urea groups is 1. The van der Waals surface area contributed by atoms with Gasteiger partial charge in [-0.25, -0.2) is 9.78 Å². The van der Waals surface area contributed by atoms with Crippen molar-refractivity contribution in [3.05, 3.63) is 11.1 Å². The van der Waals surface area contributed by atoms with Crippen molar-refractivity contribution in [1.82, 2.24) is 10.3 Å². The Bertz CT molecular complexity index is 539. The lowest BCUT2D eigenvalue weighted by Gasteiger charge is -2.20. The summed E-state index contributed by atoms with van der Waals surface area (Å²) in [6.07, 6.45) is 5.04. The van der Waals surface area contributed by atoms with E-state index in [1.54, 1.807) is 11.3 Å².